The molecule has 3 nitrogen and oxygen atoms in total. The van der Waals surface area contributed by atoms with E-state index in [0.717, 1.165) is 5.69 Å². The fourth-order valence-electron chi connectivity index (χ4n) is 3.04. The quantitative estimate of drug-likeness (QED) is 0.745. The minimum atomic E-state index is 0.160. The minimum Gasteiger partial charge on any atom is -0.397 e. The van der Waals surface area contributed by atoms with Gasteiger partial charge in [-0.15, -0.1) is 0 Å². The van der Waals surface area contributed by atoms with Gasteiger partial charge in [-0.1, -0.05) is 18.6 Å². The van der Waals surface area contributed by atoms with Crippen LogP contribution in [0.4, 0.5) is 11.4 Å². The van der Waals surface area contributed by atoms with Crippen molar-refractivity contribution >= 4 is 17.3 Å². The molecule has 0 heterocycles. The summed E-state index contributed by atoms with van der Waals surface area (Å²) >= 11 is 0. The van der Waals surface area contributed by atoms with Crippen molar-refractivity contribution in [2.24, 2.45) is 17.8 Å². The highest BCUT2D eigenvalue weighted by molar-refractivity contribution is 5.97. The molecule has 3 rings (SSSR count). The highest BCUT2D eigenvalue weighted by Gasteiger charge is 2.56. The maximum atomic E-state index is 12.0. The van der Waals surface area contributed by atoms with Crippen molar-refractivity contribution < 1.29 is 4.79 Å². The molecule has 0 radical (unpaired) electrons. The Bertz CT molecular complexity index is 420. The number of nitrogens with two attached hydrogens (primary N) is 1. The van der Waals surface area contributed by atoms with E-state index < -0.39 is 0 Å². The molecular formula is C13H16N2O. The molecule has 0 aromatic heterocycles. The maximum Gasteiger partial charge on any atom is 0.228 e. The average molecular weight is 216 g/mol. The third kappa shape index (κ3) is 1.47. The van der Waals surface area contributed by atoms with Crippen LogP contribution in [-0.2, 0) is 4.79 Å². The summed E-state index contributed by atoms with van der Waals surface area (Å²) in [5.41, 5.74) is 7.18. The molecule has 3 heteroatoms. The van der Waals surface area contributed by atoms with Crippen LogP contribution in [0.3, 0.4) is 0 Å². The number of hydrogen-bond acceptors (Lipinski definition) is 2. The Labute approximate surface area is 95.0 Å². The Kier molecular flexibility index (Phi) is 2.13. The van der Waals surface area contributed by atoms with Crippen LogP contribution >= 0.6 is 0 Å². The third-order valence-electron chi connectivity index (χ3n) is 3.93. The van der Waals surface area contributed by atoms with Crippen molar-refractivity contribution in [1.82, 2.24) is 0 Å². The largest absolute Gasteiger partial charge is 0.397 e. The minimum absolute atomic E-state index is 0.160. The smallest absolute Gasteiger partial charge is 0.228 e. The van der Waals surface area contributed by atoms with Crippen molar-refractivity contribution in [3.8, 4) is 0 Å². The van der Waals surface area contributed by atoms with Crippen LogP contribution in [0, 0.1) is 17.8 Å². The van der Waals surface area contributed by atoms with E-state index in [-0.39, 0.29) is 11.8 Å². The first-order valence-electron chi connectivity index (χ1n) is 5.93. The van der Waals surface area contributed by atoms with E-state index in [2.05, 4.69) is 5.32 Å². The number of nitrogens with one attached hydrogen (secondary N) is 1. The predicted molar refractivity (Wildman–Crippen MR) is 63.8 cm³/mol. The molecule has 2 saturated carbocycles. The average Bonchev–Trinajstić information content (AvgIpc) is 2.76. The van der Waals surface area contributed by atoms with Crippen LogP contribution in [0.15, 0.2) is 24.3 Å². The van der Waals surface area contributed by atoms with Gasteiger partial charge in [-0.25, -0.2) is 0 Å². The van der Waals surface area contributed by atoms with Gasteiger partial charge in [0, 0.05) is 5.92 Å². The van der Waals surface area contributed by atoms with E-state index >= 15 is 0 Å². The molecule has 84 valence electrons. The summed E-state index contributed by atoms with van der Waals surface area (Å²) in [7, 11) is 0. The van der Waals surface area contributed by atoms with Crippen LogP contribution in [0.1, 0.15) is 19.3 Å². The van der Waals surface area contributed by atoms with Crippen molar-refractivity contribution in [1.29, 1.82) is 0 Å². The summed E-state index contributed by atoms with van der Waals surface area (Å²) in [6.07, 6.45) is 3.76. The lowest BCUT2D eigenvalue weighted by molar-refractivity contribution is -0.118. The van der Waals surface area contributed by atoms with E-state index in [4.69, 9.17) is 5.73 Å². The summed E-state index contributed by atoms with van der Waals surface area (Å²) in [6.45, 7) is 0. The van der Waals surface area contributed by atoms with Crippen molar-refractivity contribution in [3.63, 3.8) is 0 Å². The first-order valence-corrected chi connectivity index (χ1v) is 5.93. The molecule has 0 bridgehead atoms. The Morgan fingerprint density at radius 1 is 1.25 bits per heavy atom. The number of hydrogen-bond donors (Lipinski definition) is 2. The summed E-state index contributed by atoms with van der Waals surface area (Å²) < 4.78 is 0. The zero-order valence-corrected chi connectivity index (χ0v) is 9.15. The lowest BCUT2D eigenvalue weighted by Gasteiger charge is -2.08. The normalized spacial score (nSPS) is 30.9. The van der Waals surface area contributed by atoms with Gasteiger partial charge in [0.25, 0.3) is 0 Å². The van der Waals surface area contributed by atoms with E-state index in [0.29, 0.717) is 17.5 Å². The summed E-state index contributed by atoms with van der Waals surface area (Å²) in [4.78, 5) is 12.0. The number of nitrogen functional groups attached to an aromatic ring is 1. The van der Waals surface area contributed by atoms with Crippen LogP contribution < -0.4 is 11.1 Å². The first kappa shape index (κ1) is 9.70. The van der Waals surface area contributed by atoms with Crippen molar-refractivity contribution in [2.45, 2.75) is 19.3 Å². The van der Waals surface area contributed by atoms with Crippen molar-refractivity contribution in [2.75, 3.05) is 11.1 Å². The number of carbonyl (C=O) groups is 1. The fourth-order valence-corrected chi connectivity index (χ4v) is 3.04. The van der Waals surface area contributed by atoms with E-state index in [9.17, 15) is 4.79 Å². The van der Waals surface area contributed by atoms with Gasteiger partial charge in [0.05, 0.1) is 11.4 Å². The Morgan fingerprint density at radius 2 is 1.94 bits per heavy atom. The summed E-state index contributed by atoms with van der Waals surface area (Å²) in [6, 6.07) is 7.42. The molecule has 1 amide bonds. The van der Waals surface area contributed by atoms with Crippen LogP contribution in [0.25, 0.3) is 0 Å². The molecule has 0 spiro atoms. The molecule has 3 N–H and O–H groups in total. The highest BCUT2D eigenvalue weighted by atomic mass is 16.2. The number of rotatable bonds is 2. The van der Waals surface area contributed by atoms with Crippen LogP contribution in [-0.4, -0.2) is 5.91 Å². The van der Waals surface area contributed by atoms with Gasteiger partial charge >= 0.3 is 0 Å². The number of amides is 1. The van der Waals surface area contributed by atoms with Gasteiger partial charge in [-0.2, -0.15) is 0 Å². The number of carbonyl (C=O) groups excluding carboxylic acids is 1. The molecule has 1 aromatic carbocycles. The van der Waals surface area contributed by atoms with Gasteiger partial charge in [0.15, 0.2) is 0 Å². The SMILES string of the molecule is Nc1ccccc1NC(=O)C1C2CCCC21. The van der Waals surface area contributed by atoms with Gasteiger partial charge < -0.3 is 11.1 Å². The first-order chi connectivity index (χ1) is 7.77. The summed E-state index contributed by atoms with van der Waals surface area (Å²) in [5.74, 6) is 1.73. The number of para-hydroxylation sites is 2. The number of anilines is 2. The zero-order chi connectivity index (χ0) is 11.1. The van der Waals surface area contributed by atoms with E-state index in [1.54, 1.807) is 0 Å². The maximum absolute atomic E-state index is 12.0. The number of fused-ring (bicyclic) bond motifs is 1. The fraction of sp³-hybridized carbons (Fsp3) is 0.462. The lowest BCUT2D eigenvalue weighted by atomic mass is 10.1. The molecule has 2 aliphatic carbocycles. The Hall–Kier alpha value is -1.51. The van der Waals surface area contributed by atoms with Gasteiger partial charge in [-0.3, -0.25) is 4.79 Å². The van der Waals surface area contributed by atoms with E-state index in [1.807, 2.05) is 24.3 Å². The molecule has 0 aliphatic heterocycles. The second-order valence-corrected chi connectivity index (χ2v) is 4.86. The topological polar surface area (TPSA) is 55.1 Å². The predicted octanol–water partition coefficient (Wildman–Crippen LogP) is 2.25. The standard InChI is InChI=1S/C13H16N2O/c14-10-6-1-2-7-11(10)15-13(16)12-8-4-3-5-9(8)12/h1-2,6-9,12H,3-5,14H2,(H,15,16). The van der Waals surface area contributed by atoms with Gasteiger partial charge in [0.2, 0.25) is 5.91 Å². The molecular weight excluding hydrogens is 200 g/mol. The Morgan fingerprint density at radius 3 is 2.62 bits per heavy atom. The molecule has 2 unspecified atom stereocenters. The second kappa shape index (κ2) is 3.51. The highest BCUT2D eigenvalue weighted by Crippen LogP contribution is 2.57. The van der Waals surface area contributed by atoms with Gasteiger partial charge in [-0.05, 0) is 36.8 Å². The third-order valence-corrected chi connectivity index (χ3v) is 3.93. The molecule has 2 fully saturated rings. The van der Waals surface area contributed by atoms with Crippen LogP contribution in [0.5, 0.6) is 0 Å². The number of benzene rings is 1. The van der Waals surface area contributed by atoms with Gasteiger partial charge in [0.1, 0.15) is 0 Å². The molecule has 16 heavy (non-hydrogen) atoms. The van der Waals surface area contributed by atoms with E-state index in [1.165, 1.54) is 19.3 Å². The molecule has 0 saturated heterocycles. The Balaban J connectivity index is 1.68. The van der Waals surface area contributed by atoms with Crippen molar-refractivity contribution in [3.05, 3.63) is 24.3 Å². The molecule has 2 atom stereocenters. The van der Waals surface area contributed by atoms with Crippen LogP contribution in [0.2, 0.25) is 0 Å². The lowest BCUT2D eigenvalue weighted by Crippen LogP contribution is -2.17. The molecule has 2 aliphatic rings. The zero-order valence-electron chi connectivity index (χ0n) is 9.15. The second-order valence-electron chi connectivity index (χ2n) is 4.86. The molecule has 1 aromatic rings. The monoisotopic (exact) mass is 216 g/mol. The summed E-state index contributed by atoms with van der Waals surface area (Å²) in [5, 5.41) is 2.94.